The third-order valence-electron chi connectivity index (χ3n) is 2.96. The van der Waals surface area contributed by atoms with Crippen molar-refractivity contribution in [3.8, 4) is 0 Å². The molecule has 100 valence electrons. The molecule has 0 fully saturated rings. The highest BCUT2D eigenvalue weighted by Gasteiger charge is 2.03. The Bertz CT molecular complexity index is 367. The zero-order chi connectivity index (χ0) is 13.5. The number of hydrogen-bond acceptors (Lipinski definition) is 2. The maximum Gasteiger partial charge on any atom is 0.131 e. The molecule has 2 nitrogen and oxygen atoms in total. The summed E-state index contributed by atoms with van der Waals surface area (Å²) >= 11 is 0. The minimum absolute atomic E-state index is 0.258. The summed E-state index contributed by atoms with van der Waals surface area (Å²) in [5.41, 5.74) is 2.72. The van der Waals surface area contributed by atoms with Crippen LogP contribution in [0.4, 0.5) is 0 Å². The quantitative estimate of drug-likeness (QED) is 0.737. The standard InChI is InChI=1S/C16H25NO/c1-13(2)11-15-5-7-16(8-6-15)12-17(4)10-9-14(3)18/h5-8,13H,9-12H2,1-4H3. The van der Waals surface area contributed by atoms with Crippen LogP contribution >= 0.6 is 0 Å². The Kier molecular flexibility index (Phi) is 6.06. The van der Waals surface area contributed by atoms with E-state index in [1.54, 1.807) is 6.92 Å². The van der Waals surface area contributed by atoms with Crippen molar-refractivity contribution in [1.82, 2.24) is 4.90 Å². The molecule has 0 aliphatic rings. The van der Waals surface area contributed by atoms with Crippen molar-refractivity contribution in [2.75, 3.05) is 13.6 Å². The first-order valence-corrected chi connectivity index (χ1v) is 6.73. The van der Waals surface area contributed by atoms with E-state index < -0.39 is 0 Å². The van der Waals surface area contributed by atoms with E-state index in [2.05, 4.69) is 50.1 Å². The second kappa shape index (κ2) is 7.32. The zero-order valence-electron chi connectivity index (χ0n) is 12.1. The molecule has 0 atom stereocenters. The predicted molar refractivity (Wildman–Crippen MR) is 76.6 cm³/mol. The molecular formula is C16H25NO. The maximum atomic E-state index is 10.9. The second-order valence-electron chi connectivity index (χ2n) is 5.60. The number of benzene rings is 1. The molecule has 0 saturated carbocycles. The van der Waals surface area contributed by atoms with E-state index >= 15 is 0 Å². The van der Waals surface area contributed by atoms with Gasteiger partial charge in [-0.15, -0.1) is 0 Å². The van der Waals surface area contributed by atoms with Crippen LogP contribution in [0.5, 0.6) is 0 Å². The van der Waals surface area contributed by atoms with Gasteiger partial charge in [0, 0.05) is 19.5 Å². The first-order chi connectivity index (χ1) is 8.47. The molecule has 1 rings (SSSR count). The number of ketones is 1. The van der Waals surface area contributed by atoms with Crippen LogP contribution in [-0.4, -0.2) is 24.3 Å². The van der Waals surface area contributed by atoms with Crippen LogP contribution < -0.4 is 0 Å². The van der Waals surface area contributed by atoms with Crippen LogP contribution in [0.1, 0.15) is 38.3 Å². The predicted octanol–water partition coefficient (Wildman–Crippen LogP) is 3.30. The van der Waals surface area contributed by atoms with Crippen molar-refractivity contribution in [2.45, 2.75) is 40.2 Å². The van der Waals surface area contributed by atoms with E-state index in [9.17, 15) is 4.79 Å². The van der Waals surface area contributed by atoms with Crippen LogP contribution in [0.3, 0.4) is 0 Å². The average molecular weight is 247 g/mol. The van der Waals surface area contributed by atoms with Gasteiger partial charge in [0.1, 0.15) is 5.78 Å². The molecule has 18 heavy (non-hydrogen) atoms. The second-order valence-corrected chi connectivity index (χ2v) is 5.60. The van der Waals surface area contributed by atoms with E-state index in [-0.39, 0.29) is 5.78 Å². The van der Waals surface area contributed by atoms with Crippen LogP contribution in [0.2, 0.25) is 0 Å². The van der Waals surface area contributed by atoms with Crippen LogP contribution in [0.25, 0.3) is 0 Å². The van der Waals surface area contributed by atoms with Gasteiger partial charge >= 0.3 is 0 Å². The first kappa shape index (κ1) is 14.9. The van der Waals surface area contributed by atoms with Crippen molar-refractivity contribution < 1.29 is 4.79 Å². The van der Waals surface area contributed by atoms with Crippen LogP contribution in [0.15, 0.2) is 24.3 Å². The molecule has 0 spiro atoms. The molecule has 1 aromatic carbocycles. The summed E-state index contributed by atoms with van der Waals surface area (Å²) in [5, 5.41) is 0. The van der Waals surface area contributed by atoms with Gasteiger partial charge in [-0.05, 0) is 37.4 Å². The van der Waals surface area contributed by atoms with Gasteiger partial charge in [0.25, 0.3) is 0 Å². The fourth-order valence-electron chi connectivity index (χ4n) is 1.99. The molecule has 0 aromatic heterocycles. The largest absolute Gasteiger partial charge is 0.302 e. The molecule has 0 radical (unpaired) electrons. The molecule has 2 heteroatoms. The Morgan fingerprint density at radius 1 is 1.17 bits per heavy atom. The Labute approximate surface area is 111 Å². The molecule has 1 aromatic rings. The summed E-state index contributed by atoms with van der Waals surface area (Å²) < 4.78 is 0. The Balaban J connectivity index is 2.45. The van der Waals surface area contributed by atoms with Gasteiger partial charge in [-0.1, -0.05) is 38.1 Å². The summed E-state index contributed by atoms with van der Waals surface area (Å²) in [7, 11) is 2.06. The number of hydrogen-bond donors (Lipinski definition) is 0. The smallest absolute Gasteiger partial charge is 0.131 e. The highest BCUT2D eigenvalue weighted by Crippen LogP contribution is 2.11. The SMILES string of the molecule is CC(=O)CCN(C)Cc1ccc(CC(C)C)cc1. The van der Waals surface area contributed by atoms with Crippen LogP contribution in [0, 0.1) is 5.92 Å². The van der Waals surface area contributed by atoms with Gasteiger partial charge in [0.2, 0.25) is 0 Å². The summed E-state index contributed by atoms with van der Waals surface area (Å²) in [6.07, 6.45) is 1.78. The minimum atomic E-state index is 0.258. The van der Waals surface area contributed by atoms with Gasteiger partial charge < -0.3 is 4.90 Å². The molecule has 0 saturated heterocycles. The molecule has 0 heterocycles. The summed E-state index contributed by atoms with van der Waals surface area (Å²) in [4.78, 5) is 13.1. The van der Waals surface area contributed by atoms with Crippen molar-refractivity contribution >= 4 is 5.78 Å². The van der Waals surface area contributed by atoms with Gasteiger partial charge in [0.05, 0.1) is 0 Å². The van der Waals surface area contributed by atoms with E-state index in [1.165, 1.54) is 11.1 Å². The Morgan fingerprint density at radius 3 is 2.22 bits per heavy atom. The Hall–Kier alpha value is -1.15. The number of carbonyl (C=O) groups excluding carboxylic acids is 1. The average Bonchev–Trinajstić information content (AvgIpc) is 2.28. The maximum absolute atomic E-state index is 10.9. The van der Waals surface area contributed by atoms with E-state index in [0.717, 1.165) is 19.5 Å². The number of rotatable bonds is 7. The molecule has 0 N–H and O–H groups in total. The summed E-state index contributed by atoms with van der Waals surface area (Å²) in [5.74, 6) is 0.961. The fraction of sp³-hybridized carbons (Fsp3) is 0.562. The van der Waals surface area contributed by atoms with Gasteiger partial charge in [-0.3, -0.25) is 4.79 Å². The minimum Gasteiger partial charge on any atom is -0.302 e. The third-order valence-corrected chi connectivity index (χ3v) is 2.96. The molecule has 0 aliphatic heterocycles. The fourth-order valence-corrected chi connectivity index (χ4v) is 1.99. The highest BCUT2D eigenvalue weighted by atomic mass is 16.1. The number of Topliss-reactive ketones (excluding diaryl/α,β-unsaturated/α-hetero) is 1. The number of carbonyl (C=O) groups is 1. The van der Waals surface area contributed by atoms with Crippen molar-refractivity contribution in [1.29, 1.82) is 0 Å². The van der Waals surface area contributed by atoms with Crippen molar-refractivity contribution in [3.63, 3.8) is 0 Å². The third kappa shape index (κ3) is 5.97. The summed E-state index contributed by atoms with van der Waals surface area (Å²) in [6, 6.07) is 8.83. The van der Waals surface area contributed by atoms with E-state index in [0.29, 0.717) is 12.3 Å². The highest BCUT2D eigenvalue weighted by molar-refractivity contribution is 5.75. The van der Waals surface area contributed by atoms with Crippen molar-refractivity contribution in [2.24, 2.45) is 5.92 Å². The van der Waals surface area contributed by atoms with E-state index in [1.807, 2.05) is 0 Å². The van der Waals surface area contributed by atoms with Gasteiger partial charge in [0.15, 0.2) is 0 Å². The molecule has 0 aliphatic carbocycles. The number of nitrogens with zero attached hydrogens (tertiary/aromatic N) is 1. The monoisotopic (exact) mass is 247 g/mol. The lowest BCUT2D eigenvalue weighted by Crippen LogP contribution is -2.20. The Morgan fingerprint density at radius 2 is 1.72 bits per heavy atom. The molecule has 0 bridgehead atoms. The molecule has 0 amide bonds. The topological polar surface area (TPSA) is 20.3 Å². The first-order valence-electron chi connectivity index (χ1n) is 6.73. The van der Waals surface area contributed by atoms with E-state index in [4.69, 9.17) is 0 Å². The zero-order valence-corrected chi connectivity index (χ0v) is 12.1. The van der Waals surface area contributed by atoms with Crippen LogP contribution in [-0.2, 0) is 17.8 Å². The summed E-state index contributed by atoms with van der Waals surface area (Å²) in [6.45, 7) is 7.87. The van der Waals surface area contributed by atoms with Gasteiger partial charge in [-0.25, -0.2) is 0 Å². The lowest BCUT2D eigenvalue weighted by molar-refractivity contribution is -0.117. The molecule has 0 unspecified atom stereocenters. The normalized spacial score (nSPS) is 11.2. The van der Waals surface area contributed by atoms with Crippen molar-refractivity contribution in [3.05, 3.63) is 35.4 Å². The lowest BCUT2D eigenvalue weighted by atomic mass is 10.0. The van der Waals surface area contributed by atoms with Gasteiger partial charge in [-0.2, -0.15) is 0 Å². The molecular weight excluding hydrogens is 222 g/mol. The lowest BCUT2D eigenvalue weighted by Gasteiger charge is -2.16.